The van der Waals surface area contributed by atoms with Crippen molar-refractivity contribution in [3.63, 3.8) is 0 Å². The Hall–Kier alpha value is -3.92. The fourth-order valence-corrected chi connectivity index (χ4v) is 4.57. The van der Waals surface area contributed by atoms with E-state index in [0.717, 1.165) is 65.7 Å². The van der Waals surface area contributed by atoms with Crippen molar-refractivity contribution in [1.29, 1.82) is 0 Å². The fraction of sp³-hybridized carbons (Fsp3) is 0. The molecule has 0 bridgehead atoms. The van der Waals surface area contributed by atoms with Crippen LogP contribution < -0.4 is 5.84 Å². The van der Waals surface area contributed by atoms with Gasteiger partial charge in [-0.05, 0) is 30.3 Å². The molecule has 0 aliphatic rings. The molecule has 4 nitrogen and oxygen atoms in total. The molecule has 28 heavy (non-hydrogen) atoms. The largest absolute Gasteiger partial charge is 0.456 e. The molecule has 7 aromatic rings. The number of aromatic nitrogens is 1. The van der Waals surface area contributed by atoms with Crippen LogP contribution in [0.5, 0.6) is 0 Å². The Bertz CT molecular complexity index is 1730. The first-order chi connectivity index (χ1) is 13.8. The highest BCUT2D eigenvalue weighted by Gasteiger charge is 2.18. The monoisotopic (exact) mass is 362 g/mol. The number of nitrogens with two attached hydrogens (primary N) is 1. The highest BCUT2D eigenvalue weighted by atomic mass is 16.3. The van der Waals surface area contributed by atoms with Crippen LogP contribution in [0.1, 0.15) is 0 Å². The summed E-state index contributed by atoms with van der Waals surface area (Å²) < 4.78 is 13.9. The zero-order valence-electron chi connectivity index (χ0n) is 14.8. The molecule has 4 aromatic carbocycles. The third-order valence-corrected chi connectivity index (χ3v) is 5.80. The van der Waals surface area contributed by atoms with Crippen LogP contribution in [-0.4, -0.2) is 4.68 Å². The summed E-state index contributed by atoms with van der Waals surface area (Å²) in [6.07, 6.45) is 0. The van der Waals surface area contributed by atoms with Gasteiger partial charge in [0.15, 0.2) is 0 Å². The molecule has 0 unspecified atom stereocenters. The van der Waals surface area contributed by atoms with E-state index in [9.17, 15) is 0 Å². The van der Waals surface area contributed by atoms with Crippen molar-refractivity contribution in [2.45, 2.75) is 0 Å². The summed E-state index contributed by atoms with van der Waals surface area (Å²) >= 11 is 0. The number of rotatable bonds is 0. The van der Waals surface area contributed by atoms with Crippen LogP contribution in [0.15, 0.2) is 81.6 Å². The first kappa shape index (κ1) is 14.2. The third kappa shape index (κ3) is 1.57. The Morgan fingerprint density at radius 1 is 0.536 bits per heavy atom. The van der Waals surface area contributed by atoms with E-state index in [0.29, 0.717) is 0 Å². The van der Waals surface area contributed by atoms with Crippen LogP contribution >= 0.6 is 0 Å². The lowest BCUT2D eigenvalue weighted by Gasteiger charge is -1.97. The fourth-order valence-electron chi connectivity index (χ4n) is 4.57. The Morgan fingerprint density at radius 3 is 2.11 bits per heavy atom. The molecule has 0 amide bonds. The van der Waals surface area contributed by atoms with Crippen molar-refractivity contribution in [3.8, 4) is 0 Å². The normalized spacial score (nSPS) is 12.4. The van der Waals surface area contributed by atoms with Crippen molar-refractivity contribution in [2.24, 2.45) is 0 Å². The van der Waals surface area contributed by atoms with Gasteiger partial charge < -0.3 is 14.7 Å². The van der Waals surface area contributed by atoms with E-state index in [4.69, 9.17) is 14.7 Å². The van der Waals surface area contributed by atoms with E-state index in [1.165, 1.54) is 0 Å². The second-order valence-electron chi connectivity index (χ2n) is 7.26. The number of hydrogen-bond donors (Lipinski definition) is 1. The van der Waals surface area contributed by atoms with Gasteiger partial charge in [-0.25, -0.2) is 0 Å². The van der Waals surface area contributed by atoms with Gasteiger partial charge in [-0.1, -0.05) is 36.4 Å². The summed E-state index contributed by atoms with van der Waals surface area (Å²) in [5, 5.41) is 6.64. The smallest absolute Gasteiger partial charge is 0.137 e. The molecule has 0 saturated heterocycles. The SMILES string of the molecule is Nn1c2cc3oc4ccccc4c3cc2c2c3c(ccc21)oc1ccccc13. The Kier molecular flexibility index (Phi) is 2.37. The lowest BCUT2D eigenvalue weighted by molar-refractivity contribution is 0.669. The topological polar surface area (TPSA) is 57.2 Å². The van der Waals surface area contributed by atoms with Gasteiger partial charge in [-0.2, -0.15) is 0 Å². The number of furan rings is 2. The van der Waals surface area contributed by atoms with E-state index >= 15 is 0 Å². The van der Waals surface area contributed by atoms with E-state index in [-0.39, 0.29) is 0 Å². The molecule has 3 heterocycles. The summed E-state index contributed by atoms with van der Waals surface area (Å²) in [5.74, 6) is 6.51. The summed E-state index contributed by atoms with van der Waals surface area (Å²) in [7, 11) is 0. The molecule has 0 aliphatic carbocycles. The quantitative estimate of drug-likeness (QED) is 0.322. The molecule has 0 atom stereocenters. The van der Waals surface area contributed by atoms with Gasteiger partial charge >= 0.3 is 0 Å². The molecule has 3 aromatic heterocycles. The minimum atomic E-state index is 0.844. The first-order valence-corrected chi connectivity index (χ1v) is 9.24. The lowest BCUT2D eigenvalue weighted by atomic mass is 10.0. The number of fused-ring (bicyclic) bond motifs is 10. The molecule has 0 aliphatic heterocycles. The average Bonchev–Trinajstić information content (AvgIpc) is 3.36. The number of para-hydroxylation sites is 2. The average molecular weight is 362 g/mol. The molecule has 0 spiro atoms. The van der Waals surface area contributed by atoms with Gasteiger partial charge in [-0.3, -0.25) is 4.68 Å². The van der Waals surface area contributed by atoms with E-state index in [1.807, 2.05) is 54.6 Å². The van der Waals surface area contributed by atoms with Crippen molar-refractivity contribution < 1.29 is 8.83 Å². The van der Waals surface area contributed by atoms with Crippen molar-refractivity contribution in [1.82, 2.24) is 4.68 Å². The number of nitrogen functional groups attached to an aromatic ring is 1. The van der Waals surface area contributed by atoms with Crippen LogP contribution in [0.2, 0.25) is 0 Å². The van der Waals surface area contributed by atoms with Crippen LogP contribution in [0, 0.1) is 0 Å². The molecule has 0 fully saturated rings. The molecule has 132 valence electrons. The van der Waals surface area contributed by atoms with E-state index < -0.39 is 0 Å². The van der Waals surface area contributed by atoms with Crippen molar-refractivity contribution in [3.05, 3.63) is 72.8 Å². The second kappa shape index (κ2) is 4.67. The molecule has 2 N–H and O–H groups in total. The maximum absolute atomic E-state index is 6.51. The van der Waals surface area contributed by atoms with E-state index in [1.54, 1.807) is 4.68 Å². The van der Waals surface area contributed by atoms with Gasteiger partial charge in [0.2, 0.25) is 0 Å². The zero-order valence-corrected chi connectivity index (χ0v) is 14.8. The number of benzene rings is 4. The summed E-state index contributed by atoms with van der Waals surface area (Å²) in [5.41, 5.74) is 5.41. The molecule has 7 rings (SSSR count). The van der Waals surface area contributed by atoms with Gasteiger partial charge in [-0.15, -0.1) is 0 Å². The Labute approximate surface area is 158 Å². The highest BCUT2D eigenvalue weighted by Crippen LogP contribution is 2.41. The molecule has 0 radical (unpaired) electrons. The summed E-state index contributed by atoms with van der Waals surface area (Å²) in [6.45, 7) is 0. The molecular weight excluding hydrogens is 348 g/mol. The second-order valence-corrected chi connectivity index (χ2v) is 7.26. The Balaban J connectivity index is 1.79. The first-order valence-electron chi connectivity index (χ1n) is 9.24. The molecular formula is C24H14N2O2. The maximum Gasteiger partial charge on any atom is 0.137 e. The molecule has 4 heteroatoms. The van der Waals surface area contributed by atoms with Crippen LogP contribution in [0.4, 0.5) is 0 Å². The number of nitrogens with zero attached hydrogens (tertiary/aromatic N) is 1. The van der Waals surface area contributed by atoms with Crippen LogP contribution in [0.3, 0.4) is 0 Å². The van der Waals surface area contributed by atoms with Gasteiger partial charge in [0.25, 0.3) is 0 Å². The standard InChI is InChI=1S/C24H14N2O2/c25-26-17-9-10-21-24(14-6-2-4-8-20(14)27-21)23(17)16-11-15-13-5-1-3-7-19(13)28-22(15)12-18(16)26/h1-12H,25H2. The zero-order chi connectivity index (χ0) is 18.4. The minimum Gasteiger partial charge on any atom is -0.456 e. The Morgan fingerprint density at radius 2 is 1.25 bits per heavy atom. The lowest BCUT2D eigenvalue weighted by Crippen LogP contribution is -2.06. The highest BCUT2D eigenvalue weighted by molar-refractivity contribution is 6.28. The van der Waals surface area contributed by atoms with Crippen molar-refractivity contribution >= 4 is 65.7 Å². The summed E-state index contributed by atoms with van der Waals surface area (Å²) in [4.78, 5) is 0. The predicted octanol–water partition coefficient (Wildman–Crippen LogP) is 6.31. The summed E-state index contributed by atoms with van der Waals surface area (Å²) in [6, 6.07) is 24.5. The van der Waals surface area contributed by atoms with Gasteiger partial charge in [0, 0.05) is 38.4 Å². The number of hydrogen-bond acceptors (Lipinski definition) is 3. The van der Waals surface area contributed by atoms with Crippen molar-refractivity contribution in [2.75, 3.05) is 5.84 Å². The predicted molar refractivity (Wildman–Crippen MR) is 114 cm³/mol. The minimum absolute atomic E-state index is 0.844. The maximum atomic E-state index is 6.51. The third-order valence-electron chi connectivity index (χ3n) is 5.80. The van der Waals surface area contributed by atoms with Gasteiger partial charge in [0.05, 0.1) is 11.0 Å². The van der Waals surface area contributed by atoms with Crippen LogP contribution in [0.25, 0.3) is 65.7 Å². The van der Waals surface area contributed by atoms with Crippen LogP contribution in [-0.2, 0) is 0 Å². The van der Waals surface area contributed by atoms with E-state index in [2.05, 4.69) is 18.2 Å². The van der Waals surface area contributed by atoms with Gasteiger partial charge in [0.1, 0.15) is 22.3 Å². The molecule has 0 saturated carbocycles.